The topological polar surface area (TPSA) is 51.4 Å². The highest BCUT2D eigenvalue weighted by atomic mass is 16.2. The number of aromatic nitrogens is 1. The fraction of sp³-hybridized carbons (Fsp3) is 0.318. The number of rotatable bonds is 5. The summed E-state index contributed by atoms with van der Waals surface area (Å²) < 4.78 is 0. The van der Waals surface area contributed by atoms with E-state index in [1.54, 1.807) is 0 Å². The monoisotopic (exact) mass is 362 g/mol. The number of hydrogen-bond acceptors (Lipinski definition) is 2. The number of carbonyl (C=O) groups excluding carboxylic acids is 1. The van der Waals surface area contributed by atoms with E-state index in [0.717, 1.165) is 44.7 Å². The van der Waals surface area contributed by atoms with Crippen molar-refractivity contribution < 1.29 is 4.79 Å². The Kier molecular flexibility index (Phi) is 5.39. The number of piperazine rings is 1. The number of hydrogen-bond donors (Lipinski definition) is 2. The number of urea groups is 1. The van der Waals surface area contributed by atoms with Gasteiger partial charge in [0.2, 0.25) is 0 Å². The molecule has 2 aromatic carbocycles. The first-order valence-electron chi connectivity index (χ1n) is 9.63. The van der Waals surface area contributed by atoms with Crippen molar-refractivity contribution in [2.45, 2.75) is 13.0 Å². The Morgan fingerprint density at radius 1 is 0.963 bits per heavy atom. The molecule has 0 radical (unpaired) electrons. The van der Waals surface area contributed by atoms with Gasteiger partial charge in [-0.1, -0.05) is 48.5 Å². The molecule has 4 rings (SSSR count). The third kappa shape index (κ3) is 4.31. The van der Waals surface area contributed by atoms with E-state index in [0.29, 0.717) is 6.54 Å². The number of H-pyrrole nitrogens is 1. The average molecular weight is 362 g/mol. The van der Waals surface area contributed by atoms with Crippen LogP contribution in [0.25, 0.3) is 10.9 Å². The first kappa shape index (κ1) is 17.6. The first-order valence-corrected chi connectivity index (χ1v) is 9.63. The largest absolute Gasteiger partial charge is 0.361 e. The van der Waals surface area contributed by atoms with Gasteiger partial charge in [-0.05, 0) is 23.6 Å². The van der Waals surface area contributed by atoms with Crippen molar-refractivity contribution in [3.05, 3.63) is 71.9 Å². The van der Waals surface area contributed by atoms with E-state index in [1.807, 2.05) is 35.2 Å². The van der Waals surface area contributed by atoms with Crippen molar-refractivity contribution in [2.24, 2.45) is 0 Å². The van der Waals surface area contributed by atoms with Gasteiger partial charge in [0, 0.05) is 56.4 Å². The molecule has 0 saturated carbocycles. The van der Waals surface area contributed by atoms with E-state index in [1.165, 1.54) is 16.5 Å². The number of benzene rings is 2. The van der Waals surface area contributed by atoms with E-state index in [4.69, 9.17) is 0 Å². The highest BCUT2D eigenvalue weighted by Gasteiger charge is 2.20. The molecule has 1 saturated heterocycles. The molecule has 0 unspecified atom stereocenters. The highest BCUT2D eigenvalue weighted by molar-refractivity contribution is 5.83. The van der Waals surface area contributed by atoms with Gasteiger partial charge in [0.05, 0.1) is 0 Å². The predicted molar refractivity (Wildman–Crippen MR) is 109 cm³/mol. The van der Waals surface area contributed by atoms with Crippen LogP contribution in [0, 0.1) is 0 Å². The SMILES string of the molecule is O=C(NCc1ccccc1)N1CCN(CCc2c[nH]c3ccccc23)CC1. The number of amides is 2. The zero-order chi connectivity index (χ0) is 18.5. The third-order valence-electron chi connectivity index (χ3n) is 5.32. The molecule has 1 aliphatic heterocycles. The number of fused-ring (bicyclic) bond motifs is 1. The lowest BCUT2D eigenvalue weighted by atomic mass is 10.1. The van der Waals surface area contributed by atoms with Crippen LogP contribution < -0.4 is 5.32 Å². The van der Waals surface area contributed by atoms with E-state index < -0.39 is 0 Å². The summed E-state index contributed by atoms with van der Waals surface area (Å²) in [5, 5.41) is 4.34. The molecule has 0 bridgehead atoms. The quantitative estimate of drug-likeness (QED) is 0.732. The number of aromatic amines is 1. The van der Waals surface area contributed by atoms with Crippen LogP contribution in [0.1, 0.15) is 11.1 Å². The molecule has 0 aliphatic carbocycles. The van der Waals surface area contributed by atoms with Crippen LogP contribution in [0.15, 0.2) is 60.8 Å². The molecule has 1 aromatic heterocycles. The van der Waals surface area contributed by atoms with Crippen molar-refractivity contribution in [1.82, 2.24) is 20.1 Å². The summed E-state index contributed by atoms with van der Waals surface area (Å²) in [6.45, 7) is 5.05. The van der Waals surface area contributed by atoms with Gasteiger partial charge in [-0.3, -0.25) is 4.90 Å². The lowest BCUT2D eigenvalue weighted by molar-refractivity contribution is 0.140. The van der Waals surface area contributed by atoms with Crippen LogP contribution in [0.2, 0.25) is 0 Å². The minimum absolute atomic E-state index is 0.0372. The Morgan fingerprint density at radius 2 is 1.70 bits per heavy atom. The maximum absolute atomic E-state index is 12.4. The fourth-order valence-electron chi connectivity index (χ4n) is 3.68. The fourth-order valence-corrected chi connectivity index (χ4v) is 3.68. The predicted octanol–water partition coefficient (Wildman–Crippen LogP) is 3.24. The summed E-state index contributed by atoms with van der Waals surface area (Å²) in [7, 11) is 0. The highest BCUT2D eigenvalue weighted by Crippen LogP contribution is 2.18. The number of para-hydroxylation sites is 1. The lowest BCUT2D eigenvalue weighted by Crippen LogP contribution is -2.51. The van der Waals surface area contributed by atoms with Gasteiger partial charge in [-0.15, -0.1) is 0 Å². The molecule has 27 heavy (non-hydrogen) atoms. The summed E-state index contributed by atoms with van der Waals surface area (Å²) in [6.07, 6.45) is 3.15. The summed E-state index contributed by atoms with van der Waals surface area (Å²) in [6, 6.07) is 18.5. The summed E-state index contributed by atoms with van der Waals surface area (Å²) in [5.41, 5.74) is 3.70. The Hall–Kier alpha value is -2.79. The molecule has 0 spiro atoms. The van der Waals surface area contributed by atoms with Gasteiger partial charge < -0.3 is 15.2 Å². The molecule has 1 fully saturated rings. The molecule has 5 nitrogen and oxygen atoms in total. The van der Waals surface area contributed by atoms with Gasteiger partial charge in [-0.25, -0.2) is 4.79 Å². The second-order valence-corrected chi connectivity index (χ2v) is 7.08. The molecule has 2 heterocycles. The summed E-state index contributed by atoms with van der Waals surface area (Å²) in [5.74, 6) is 0. The van der Waals surface area contributed by atoms with Crippen LogP contribution in [0.4, 0.5) is 4.79 Å². The van der Waals surface area contributed by atoms with Crippen molar-refractivity contribution >= 4 is 16.9 Å². The van der Waals surface area contributed by atoms with Crippen LogP contribution in [-0.2, 0) is 13.0 Å². The standard InChI is InChI=1S/C22H26N4O/c27-22(24-16-18-6-2-1-3-7-18)26-14-12-25(13-15-26)11-10-19-17-23-21-9-5-4-8-20(19)21/h1-9,17,23H,10-16H2,(H,24,27). The van der Waals surface area contributed by atoms with Crippen molar-refractivity contribution in [3.8, 4) is 0 Å². The maximum Gasteiger partial charge on any atom is 0.317 e. The van der Waals surface area contributed by atoms with Crippen LogP contribution in [0.5, 0.6) is 0 Å². The Morgan fingerprint density at radius 3 is 2.52 bits per heavy atom. The number of nitrogens with one attached hydrogen (secondary N) is 2. The molecular weight excluding hydrogens is 336 g/mol. The minimum atomic E-state index is 0.0372. The van der Waals surface area contributed by atoms with E-state index in [9.17, 15) is 4.79 Å². The first-order chi connectivity index (χ1) is 13.3. The van der Waals surface area contributed by atoms with Gasteiger partial charge in [0.15, 0.2) is 0 Å². The molecule has 2 N–H and O–H groups in total. The second-order valence-electron chi connectivity index (χ2n) is 7.08. The zero-order valence-electron chi connectivity index (χ0n) is 15.5. The molecule has 3 aromatic rings. The molecule has 2 amide bonds. The Bertz CT molecular complexity index is 881. The Balaban J connectivity index is 1.22. The van der Waals surface area contributed by atoms with Gasteiger partial charge in [0.1, 0.15) is 0 Å². The van der Waals surface area contributed by atoms with Crippen LogP contribution >= 0.6 is 0 Å². The van der Waals surface area contributed by atoms with Crippen molar-refractivity contribution in [3.63, 3.8) is 0 Å². The zero-order valence-corrected chi connectivity index (χ0v) is 15.5. The molecule has 0 atom stereocenters. The molecular formula is C22H26N4O. The second kappa shape index (κ2) is 8.27. The van der Waals surface area contributed by atoms with Gasteiger partial charge >= 0.3 is 6.03 Å². The number of carbonyl (C=O) groups is 1. The van der Waals surface area contributed by atoms with E-state index in [-0.39, 0.29) is 6.03 Å². The molecule has 140 valence electrons. The molecule has 5 heteroatoms. The number of nitrogens with zero attached hydrogens (tertiary/aromatic N) is 2. The summed E-state index contributed by atoms with van der Waals surface area (Å²) in [4.78, 5) is 20.1. The minimum Gasteiger partial charge on any atom is -0.361 e. The smallest absolute Gasteiger partial charge is 0.317 e. The van der Waals surface area contributed by atoms with Gasteiger partial charge in [-0.2, -0.15) is 0 Å². The van der Waals surface area contributed by atoms with Gasteiger partial charge in [0.25, 0.3) is 0 Å². The van der Waals surface area contributed by atoms with E-state index in [2.05, 4.69) is 45.7 Å². The van der Waals surface area contributed by atoms with Crippen molar-refractivity contribution in [1.29, 1.82) is 0 Å². The maximum atomic E-state index is 12.4. The van der Waals surface area contributed by atoms with Crippen molar-refractivity contribution in [2.75, 3.05) is 32.7 Å². The average Bonchev–Trinajstić information content (AvgIpc) is 3.15. The normalized spacial score (nSPS) is 15.2. The van der Waals surface area contributed by atoms with Crippen LogP contribution in [-0.4, -0.2) is 53.5 Å². The molecule has 1 aliphatic rings. The summed E-state index contributed by atoms with van der Waals surface area (Å²) >= 11 is 0. The third-order valence-corrected chi connectivity index (χ3v) is 5.32. The Labute approximate surface area is 160 Å². The lowest BCUT2D eigenvalue weighted by Gasteiger charge is -2.34. The van der Waals surface area contributed by atoms with E-state index >= 15 is 0 Å². The van der Waals surface area contributed by atoms with Crippen LogP contribution in [0.3, 0.4) is 0 Å².